The molecule has 226 valence electrons. The Balaban J connectivity index is 1.92. The first-order valence-corrected chi connectivity index (χ1v) is 16.7. The second-order valence-corrected chi connectivity index (χ2v) is 13.2. The van der Waals surface area contributed by atoms with Gasteiger partial charge in [0.1, 0.15) is 6.04 Å². The first-order valence-electron chi connectivity index (χ1n) is 13.7. The molecule has 0 saturated heterocycles. The summed E-state index contributed by atoms with van der Waals surface area (Å²) in [6, 6.07) is 18.8. The van der Waals surface area contributed by atoms with Gasteiger partial charge in [-0.15, -0.1) is 0 Å². The predicted octanol–water partition coefficient (Wildman–Crippen LogP) is 6.67. The largest absolute Gasteiger partial charge is 0.354 e. The quantitative estimate of drug-likeness (QED) is 0.211. The topological polar surface area (TPSA) is 86.8 Å². The molecule has 42 heavy (non-hydrogen) atoms. The highest BCUT2D eigenvalue weighted by Gasteiger charge is 2.31. The van der Waals surface area contributed by atoms with Crippen LogP contribution in [0.4, 0.5) is 5.69 Å². The van der Waals surface area contributed by atoms with Gasteiger partial charge in [0.05, 0.1) is 11.9 Å². The number of sulfonamides is 1. The molecule has 1 N–H and O–H groups in total. The number of benzene rings is 3. The van der Waals surface area contributed by atoms with E-state index in [4.69, 9.17) is 34.8 Å². The molecule has 3 aromatic carbocycles. The summed E-state index contributed by atoms with van der Waals surface area (Å²) in [5.74, 6) is -0.573. The van der Waals surface area contributed by atoms with Crippen LogP contribution >= 0.6 is 34.8 Å². The van der Waals surface area contributed by atoms with Crippen LogP contribution in [-0.2, 0) is 32.6 Å². The Kier molecular flexibility index (Phi) is 12.5. The summed E-state index contributed by atoms with van der Waals surface area (Å²) in [5, 5.41) is 4.23. The lowest BCUT2D eigenvalue weighted by molar-refractivity contribution is -0.141. The number of anilines is 1. The summed E-state index contributed by atoms with van der Waals surface area (Å²) in [6.07, 6.45) is 2.38. The fraction of sp³-hybridized carbons (Fsp3) is 0.355. The lowest BCUT2D eigenvalue weighted by atomic mass is 10.0. The smallest absolute Gasteiger partial charge is 0.243 e. The molecule has 3 aromatic rings. The van der Waals surface area contributed by atoms with Gasteiger partial charge in [0, 0.05) is 47.5 Å². The van der Waals surface area contributed by atoms with Gasteiger partial charge in [0.15, 0.2) is 0 Å². The van der Waals surface area contributed by atoms with Crippen molar-refractivity contribution < 1.29 is 18.0 Å². The van der Waals surface area contributed by atoms with E-state index in [0.717, 1.165) is 18.2 Å². The third-order valence-electron chi connectivity index (χ3n) is 6.84. The minimum atomic E-state index is -3.66. The predicted molar refractivity (Wildman–Crippen MR) is 172 cm³/mol. The molecule has 3 rings (SSSR count). The zero-order valence-corrected chi connectivity index (χ0v) is 27.0. The van der Waals surface area contributed by atoms with Crippen molar-refractivity contribution in [2.24, 2.45) is 0 Å². The van der Waals surface area contributed by atoms with Crippen LogP contribution < -0.4 is 9.62 Å². The third-order valence-corrected chi connectivity index (χ3v) is 9.01. The van der Waals surface area contributed by atoms with Crippen LogP contribution in [0.3, 0.4) is 0 Å². The Morgan fingerprint density at radius 2 is 1.67 bits per heavy atom. The summed E-state index contributed by atoms with van der Waals surface area (Å²) in [7, 11) is -3.66. The van der Waals surface area contributed by atoms with E-state index >= 15 is 0 Å². The van der Waals surface area contributed by atoms with E-state index < -0.39 is 16.1 Å². The minimum absolute atomic E-state index is 0.00316. The van der Waals surface area contributed by atoms with E-state index in [0.29, 0.717) is 44.8 Å². The molecule has 0 fully saturated rings. The van der Waals surface area contributed by atoms with Crippen molar-refractivity contribution in [1.29, 1.82) is 0 Å². The summed E-state index contributed by atoms with van der Waals surface area (Å²) in [6.45, 7) is 4.32. The Hall–Kier alpha value is -2.78. The zero-order valence-electron chi connectivity index (χ0n) is 23.9. The van der Waals surface area contributed by atoms with E-state index in [1.54, 1.807) is 43.3 Å². The number of carbonyl (C=O) groups is 2. The molecule has 0 bridgehead atoms. The molecular weight excluding hydrogens is 617 g/mol. The van der Waals surface area contributed by atoms with Crippen molar-refractivity contribution in [2.45, 2.75) is 52.1 Å². The van der Waals surface area contributed by atoms with Crippen LogP contribution in [-0.4, -0.2) is 50.5 Å². The van der Waals surface area contributed by atoms with Crippen LogP contribution in [0.15, 0.2) is 66.7 Å². The average Bonchev–Trinajstić information content (AvgIpc) is 2.94. The van der Waals surface area contributed by atoms with Crippen molar-refractivity contribution in [1.82, 2.24) is 10.2 Å². The van der Waals surface area contributed by atoms with Crippen molar-refractivity contribution in [3.05, 3.63) is 98.5 Å². The fourth-order valence-corrected chi connectivity index (χ4v) is 6.26. The first-order chi connectivity index (χ1) is 19.9. The highest BCUT2D eigenvalue weighted by Crippen LogP contribution is 2.29. The normalized spacial score (nSPS) is 12.0. The first kappa shape index (κ1) is 33.7. The number of hydrogen-bond acceptors (Lipinski definition) is 4. The van der Waals surface area contributed by atoms with Gasteiger partial charge in [-0.25, -0.2) is 8.42 Å². The van der Waals surface area contributed by atoms with Crippen molar-refractivity contribution in [2.75, 3.05) is 23.7 Å². The van der Waals surface area contributed by atoms with Crippen molar-refractivity contribution in [3.8, 4) is 0 Å². The molecule has 0 unspecified atom stereocenters. The van der Waals surface area contributed by atoms with E-state index in [-0.39, 0.29) is 37.7 Å². The van der Waals surface area contributed by atoms with Crippen LogP contribution in [0.5, 0.6) is 0 Å². The number of hydrogen-bond donors (Lipinski definition) is 1. The average molecular weight is 653 g/mol. The van der Waals surface area contributed by atoms with Crippen LogP contribution in [0.1, 0.15) is 42.9 Å². The highest BCUT2D eigenvalue weighted by atomic mass is 35.5. The van der Waals surface area contributed by atoms with E-state index in [9.17, 15) is 18.0 Å². The Morgan fingerprint density at radius 3 is 2.31 bits per heavy atom. The molecule has 0 aromatic heterocycles. The molecule has 0 saturated carbocycles. The van der Waals surface area contributed by atoms with E-state index in [1.165, 1.54) is 9.21 Å². The molecular formula is C31H36Cl3N3O4S. The van der Waals surface area contributed by atoms with Gasteiger partial charge in [-0.3, -0.25) is 13.9 Å². The molecule has 0 aliphatic carbocycles. The number of rotatable bonds is 14. The summed E-state index contributed by atoms with van der Waals surface area (Å²) >= 11 is 18.9. The van der Waals surface area contributed by atoms with Crippen molar-refractivity contribution in [3.63, 3.8) is 0 Å². The van der Waals surface area contributed by atoms with Gasteiger partial charge in [-0.2, -0.15) is 0 Å². The second kappa shape index (κ2) is 15.6. The summed E-state index contributed by atoms with van der Waals surface area (Å²) in [5.41, 5.74) is 2.63. The maximum Gasteiger partial charge on any atom is 0.243 e. The Labute approximate surface area is 263 Å². The summed E-state index contributed by atoms with van der Waals surface area (Å²) in [4.78, 5) is 28.9. The number of carbonyl (C=O) groups excluding carboxylic acids is 2. The maximum absolute atomic E-state index is 13.9. The SMILES string of the molecule is CCCNC(=O)[C@H](Cc1ccccc1)N(Cc1ccc(Cl)cc1Cl)C(=O)CCCN(c1cccc(Cl)c1C)S(C)(=O)=O. The number of nitrogens with one attached hydrogen (secondary N) is 1. The second-order valence-electron chi connectivity index (χ2n) is 10.1. The van der Waals surface area contributed by atoms with Gasteiger partial charge in [0.25, 0.3) is 0 Å². The monoisotopic (exact) mass is 651 g/mol. The van der Waals surface area contributed by atoms with Gasteiger partial charge in [-0.1, -0.05) is 84.2 Å². The number of halogens is 3. The van der Waals surface area contributed by atoms with E-state index in [1.807, 2.05) is 37.3 Å². The molecule has 2 amide bonds. The minimum Gasteiger partial charge on any atom is -0.354 e. The van der Waals surface area contributed by atoms with Gasteiger partial charge in [0.2, 0.25) is 21.8 Å². The van der Waals surface area contributed by atoms with Gasteiger partial charge in [-0.05, 0) is 60.7 Å². The fourth-order valence-electron chi connectivity index (χ4n) is 4.60. The van der Waals surface area contributed by atoms with Crippen LogP contribution in [0.25, 0.3) is 0 Å². The number of nitrogens with zero attached hydrogens (tertiary/aromatic N) is 2. The molecule has 0 spiro atoms. The highest BCUT2D eigenvalue weighted by molar-refractivity contribution is 7.92. The van der Waals surface area contributed by atoms with Gasteiger partial charge < -0.3 is 10.2 Å². The maximum atomic E-state index is 13.9. The van der Waals surface area contributed by atoms with Crippen LogP contribution in [0.2, 0.25) is 15.1 Å². The van der Waals surface area contributed by atoms with Gasteiger partial charge >= 0.3 is 0 Å². The lowest BCUT2D eigenvalue weighted by Gasteiger charge is -2.32. The number of amides is 2. The third kappa shape index (κ3) is 9.36. The molecule has 11 heteroatoms. The molecule has 0 heterocycles. The Bertz CT molecular complexity index is 1490. The zero-order chi connectivity index (χ0) is 30.9. The lowest BCUT2D eigenvalue weighted by Crippen LogP contribution is -2.50. The molecule has 1 atom stereocenters. The molecule has 0 aliphatic rings. The Morgan fingerprint density at radius 1 is 0.952 bits per heavy atom. The van der Waals surface area contributed by atoms with E-state index in [2.05, 4.69) is 5.32 Å². The molecule has 0 radical (unpaired) electrons. The standard InChI is InChI=1S/C31H36Cl3N3O4S/c1-4-17-35-31(39)29(19-23-10-6-5-7-11-23)36(21-24-15-16-25(32)20-27(24)34)30(38)14-9-18-37(42(3,40)41)28-13-8-12-26(33)22(28)2/h5-8,10-13,15-16,20,29H,4,9,14,17-19,21H2,1-3H3,(H,35,39)/t29-/m0/s1. The molecule has 7 nitrogen and oxygen atoms in total. The summed E-state index contributed by atoms with van der Waals surface area (Å²) < 4.78 is 26.7. The van der Waals surface area contributed by atoms with Crippen molar-refractivity contribution >= 4 is 62.3 Å². The molecule has 0 aliphatic heterocycles. The van der Waals surface area contributed by atoms with Crippen LogP contribution in [0, 0.1) is 6.92 Å².